The summed E-state index contributed by atoms with van der Waals surface area (Å²) in [5.74, 6) is 0. The van der Waals surface area contributed by atoms with Crippen LogP contribution in [0, 0.1) is 0 Å². The Morgan fingerprint density at radius 1 is 1.44 bits per heavy atom. The number of halogens is 1. The average Bonchev–Trinajstić information content (AvgIpc) is 2.16. The highest BCUT2D eigenvalue weighted by Gasteiger charge is 2.12. The van der Waals surface area contributed by atoms with Gasteiger partial charge >= 0.3 is 0 Å². The van der Waals surface area contributed by atoms with Crippen molar-refractivity contribution in [3.8, 4) is 0 Å². The standard InChI is InChI=1S/C10H17BrN2O2Si/c1-16(2,3)7-6-15-8-13-10(14)5-4-9(11)12-13/h4-5H,6-8H2,1-3H3. The first kappa shape index (κ1) is 13.6. The maximum Gasteiger partial charge on any atom is 0.269 e. The summed E-state index contributed by atoms with van der Waals surface area (Å²) in [6.07, 6.45) is 0. The van der Waals surface area contributed by atoms with Gasteiger partial charge in [0.1, 0.15) is 11.3 Å². The lowest BCUT2D eigenvalue weighted by Gasteiger charge is -2.15. The Morgan fingerprint density at radius 2 is 2.12 bits per heavy atom. The van der Waals surface area contributed by atoms with Crippen LogP contribution in [0.3, 0.4) is 0 Å². The van der Waals surface area contributed by atoms with Crippen molar-refractivity contribution >= 4 is 24.0 Å². The SMILES string of the molecule is C[Si](C)(C)CCOCn1nc(Br)ccc1=O. The van der Waals surface area contributed by atoms with Crippen LogP contribution in [0.5, 0.6) is 0 Å². The fourth-order valence-corrected chi connectivity index (χ4v) is 2.13. The van der Waals surface area contributed by atoms with Crippen molar-refractivity contribution in [2.45, 2.75) is 32.4 Å². The number of hydrogen-bond donors (Lipinski definition) is 0. The van der Waals surface area contributed by atoms with E-state index in [1.165, 1.54) is 10.7 Å². The molecule has 0 saturated heterocycles. The van der Waals surface area contributed by atoms with Crippen molar-refractivity contribution < 1.29 is 4.74 Å². The summed E-state index contributed by atoms with van der Waals surface area (Å²) in [6.45, 7) is 7.79. The Bertz CT molecular complexity index is 401. The fourth-order valence-electron chi connectivity index (χ4n) is 1.05. The van der Waals surface area contributed by atoms with E-state index < -0.39 is 8.07 Å². The van der Waals surface area contributed by atoms with Crippen LogP contribution in [0.25, 0.3) is 0 Å². The second-order valence-corrected chi connectivity index (χ2v) is 11.3. The molecule has 90 valence electrons. The van der Waals surface area contributed by atoms with Crippen LogP contribution in [0.4, 0.5) is 0 Å². The maximum atomic E-state index is 11.4. The van der Waals surface area contributed by atoms with Crippen molar-refractivity contribution in [3.63, 3.8) is 0 Å². The van der Waals surface area contributed by atoms with E-state index in [0.29, 0.717) is 11.2 Å². The molecule has 0 fully saturated rings. The zero-order valence-corrected chi connectivity index (χ0v) is 12.5. The molecule has 1 aromatic rings. The first-order valence-corrected chi connectivity index (χ1v) is 9.70. The predicted octanol–water partition coefficient (Wildman–Crippen LogP) is 2.32. The van der Waals surface area contributed by atoms with Gasteiger partial charge in [-0.25, -0.2) is 4.68 Å². The third kappa shape index (κ3) is 5.04. The highest BCUT2D eigenvalue weighted by Crippen LogP contribution is 2.07. The van der Waals surface area contributed by atoms with Crippen LogP contribution < -0.4 is 5.56 Å². The Kier molecular flexibility index (Phi) is 4.88. The van der Waals surface area contributed by atoms with Crippen molar-refractivity contribution in [2.75, 3.05) is 6.61 Å². The van der Waals surface area contributed by atoms with E-state index in [1.807, 2.05) is 0 Å². The fraction of sp³-hybridized carbons (Fsp3) is 0.600. The molecule has 0 spiro atoms. The summed E-state index contributed by atoms with van der Waals surface area (Å²) in [5.41, 5.74) is -0.142. The number of nitrogens with zero attached hydrogens (tertiary/aromatic N) is 2. The van der Waals surface area contributed by atoms with Gasteiger partial charge in [-0.2, -0.15) is 5.10 Å². The zero-order chi connectivity index (χ0) is 12.2. The molecule has 1 rings (SSSR count). The van der Waals surface area contributed by atoms with Gasteiger partial charge < -0.3 is 4.74 Å². The van der Waals surface area contributed by atoms with Crippen LogP contribution in [0.2, 0.25) is 25.7 Å². The van der Waals surface area contributed by atoms with E-state index in [0.717, 1.165) is 6.04 Å². The number of rotatable bonds is 5. The molecule has 4 nitrogen and oxygen atoms in total. The number of ether oxygens (including phenoxy) is 1. The molecule has 0 aromatic carbocycles. The second kappa shape index (κ2) is 5.74. The van der Waals surface area contributed by atoms with E-state index in [4.69, 9.17) is 4.74 Å². The molecule has 0 amide bonds. The molecule has 0 aliphatic carbocycles. The maximum absolute atomic E-state index is 11.4. The summed E-state index contributed by atoms with van der Waals surface area (Å²) in [5, 5.41) is 4.01. The molecule has 1 heterocycles. The van der Waals surface area contributed by atoms with Crippen LogP contribution in [-0.4, -0.2) is 24.5 Å². The molecule has 0 radical (unpaired) electrons. The van der Waals surface area contributed by atoms with Crippen LogP contribution in [-0.2, 0) is 11.5 Å². The molecule has 0 saturated carbocycles. The van der Waals surface area contributed by atoms with E-state index >= 15 is 0 Å². The Labute approximate surface area is 105 Å². The first-order valence-electron chi connectivity index (χ1n) is 5.20. The molecule has 0 bridgehead atoms. The summed E-state index contributed by atoms with van der Waals surface area (Å²) >= 11 is 3.22. The molecule has 0 atom stereocenters. The predicted molar refractivity (Wildman–Crippen MR) is 70.3 cm³/mol. The van der Waals surface area contributed by atoms with Crippen LogP contribution in [0.15, 0.2) is 21.5 Å². The summed E-state index contributed by atoms with van der Waals surface area (Å²) in [4.78, 5) is 11.4. The van der Waals surface area contributed by atoms with Gasteiger partial charge in [-0.15, -0.1) is 0 Å². The van der Waals surface area contributed by atoms with Gasteiger partial charge in [-0.05, 0) is 28.0 Å². The minimum Gasteiger partial charge on any atom is -0.359 e. The quantitative estimate of drug-likeness (QED) is 0.619. The lowest BCUT2D eigenvalue weighted by Crippen LogP contribution is -2.25. The van der Waals surface area contributed by atoms with E-state index in [-0.39, 0.29) is 12.3 Å². The van der Waals surface area contributed by atoms with Gasteiger partial charge in [0.25, 0.3) is 5.56 Å². The van der Waals surface area contributed by atoms with E-state index in [1.54, 1.807) is 6.07 Å². The van der Waals surface area contributed by atoms with Gasteiger partial charge in [0.05, 0.1) is 0 Å². The highest BCUT2D eigenvalue weighted by atomic mass is 79.9. The molecule has 16 heavy (non-hydrogen) atoms. The van der Waals surface area contributed by atoms with Gasteiger partial charge in [0.2, 0.25) is 0 Å². The van der Waals surface area contributed by atoms with Crippen LogP contribution in [0.1, 0.15) is 0 Å². The topological polar surface area (TPSA) is 44.1 Å². The molecule has 1 aromatic heterocycles. The summed E-state index contributed by atoms with van der Waals surface area (Å²) < 4.78 is 7.40. The molecule has 6 heteroatoms. The third-order valence-corrected chi connectivity index (χ3v) is 4.17. The molecular weight excluding hydrogens is 288 g/mol. The normalized spacial score (nSPS) is 11.8. The van der Waals surface area contributed by atoms with Crippen molar-refractivity contribution in [1.29, 1.82) is 0 Å². The van der Waals surface area contributed by atoms with Crippen LogP contribution >= 0.6 is 15.9 Å². The first-order chi connectivity index (χ1) is 7.38. The minimum atomic E-state index is -1.06. The molecule has 0 unspecified atom stereocenters. The largest absolute Gasteiger partial charge is 0.359 e. The zero-order valence-electron chi connectivity index (χ0n) is 9.86. The average molecular weight is 305 g/mol. The molecular formula is C10H17BrN2O2Si. The minimum absolute atomic E-state index is 0.142. The van der Waals surface area contributed by atoms with Crippen molar-refractivity contribution in [3.05, 3.63) is 27.1 Å². The van der Waals surface area contributed by atoms with Gasteiger partial charge in [0, 0.05) is 20.7 Å². The Balaban J connectivity index is 2.43. The van der Waals surface area contributed by atoms with Gasteiger partial charge in [-0.1, -0.05) is 19.6 Å². The monoisotopic (exact) mass is 304 g/mol. The number of hydrogen-bond acceptors (Lipinski definition) is 3. The Morgan fingerprint density at radius 3 is 2.75 bits per heavy atom. The van der Waals surface area contributed by atoms with Gasteiger partial charge in [-0.3, -0.25) is 4.79 Å². The van der Waals surface area contributed by atoms with E-state index in [2.05, 4.69) is 40.7 Å². The van der Waals surface area contributed by atoms with Crippen molar-refractivity contribution in [2.24, 2.45) is 0 Å². The molecule has 0 aliphatic rings. The second-order valence-electron chi connectivity index (χ2n) is 4.84. The summed E-state index contributed by atoms with van der Waals surface area (Å²) in [7, 11) is -1.06. The van der Waals surface area contributed by atoms with E-state index in [9.17, 15) is 4.79 Å². The van der Waals surface area contributed by atoms with Crippen molar-refractivity contribution in [1.82, 2.24) is 9.78 Å². The molecule has 0 N–H and O–H groups in total. The smallest absolute Gasteiger partial charge is 0.269 e. The summed E-state index contributed by atoms with van der Waals surface area (Å²) in [6, 6.07) is 4.19. The highest BCUT2D eigenvalue weighted by molar-refractivity contribution is 9.10. The third-order valence-electron chi connectivity index (χ3n) is 2.04. The molecule has 0 aliphatic heterocycles. The van der Waals surface area contributed by atoms with Gasteiger partial charge in [0.15, 0.2) is 0 Å². The lowest BCUT2D eigenvalue weighted by atomic mass is 10.6. The number of aromatic nitrogens is 2. The Hall–Kier alpha value is -0.463. The lowest BCUT2D eigenvalue weighted by molar-refractivity contribution is 0.0746.